The molecule has 0 bridgehead atoms. The molecule has 0 radical (unpaired) electrons. The lowest BCUT2D eigenvalue weighted by Gasteiger charge is -2.30. The molecule has 4 rings (SSSR count). The van der Waals surface area contributed by atoms with Crippen LogP contribution in [0.1, 0.15) is 16.7 Å². The molecular formula is C30H32N2O3S. The molecule has 6 heteroatoms. The second-order valence-corrected chi connectivity index (χ2v) is 10.8. The summed E-state index contributed by atoms with van der Waals surface area (Å²) in [6.07, 6.45) is -0.906. The number of aliphatic hydroxyl groups excluding tert-OH is 1. The van der Waals surface area contributed by atoms with E-state index in [9.17, 15) is 13.5 Å². The average Bonchev–Trinajstić information content (AvgIpc) is 2.89. The lowest BCUT2D eigenvalue weighted by Crippen LogP contribution is -2.42. The maximum Gasteiger partial charge on any atom is 0.264 e. The summed E-state index contributed by atoms with van der Waals surface area (Å²) < 4.78 is 28.8. The van der Waals surface area contributed by atoms with Crippen molar-refractivity contribution in [3.63, 3.8) is 0 Å². The van der Waals surface area contributed by atoms with E-state index in [-0.39, 0.29) is 11.4 Å². The number of benzene rings is 4. The first-order chi connectivity index (χ1) is 17.4. The van der Waals surface area contributed by atoms with Crippen LogP contribution in [0.3, 0.4) is 0 Å². The molecule has 0 saturated carbocycles. The van der Waals surface area contributed by atoms with Crippen LogP contribution in [0.25, 0.3) is 0 Å². The summed E-state index contributed by atoms with van der Waals surface area (Å²) in [5.41, 5.74) is 3.46. The average molecular weight is 501 g/mol. The van der Waals surface area contributed by atoms with Crippen molar-refractivity contribution in [1.29, 1.82) is 0 Å². The first-order valence-electron chi connectivity index (χ1n) is 12.0. The molecule has 4 aromatic rings. The number of aliphatic hydroxyl groups is 1. The Morgan fingerprint density at radius 2 is 1.14 bits per heavy atom. The van der Waals surface area contributed by atoms with Crippen molar-refractivity contribution >= 4 is 15.7 Å². The molecule has 0 aliphatic heterocycles. The van der Waals surface area contributed by atoms with E-state index in [1.807, 2.05) is 48.5 Å². The van der Waals surface area contributed by atoms with Crippen molar-refractivity contribution in [2.45, 2.75) is 31.0 Å². The topological polar surface area (TPSA) is 60.9 Å². The van der Waals surface area contributed by atoms with Crippen LogP contribution in [-0.4, -0.2) is 37.6 Å². The van der Waals surface area contributed by atoms with Crippen molar-refractivity contribution in [3.05, 3.63) is 132 Å². The molecule has 0 fully saturated rings. The van der Waals surface area contributed by atoms with Crippen LogP contribution in [0.4, 0.5) is 5.69 Å². The zero-order valence-electron chi connectivity index (χ0n) is 20.4. The van der Waals surface area contributed by atoms with E-state index < -0.39 is 16.1 Å². The summed E-state index contributed by atoms with van der Waals surface area (Å²) in [7, 11) is -3.88. The van der Waals surface area contributed by atoms with Gasteiger partial charge in [-0.25, -0.2) is 8.42 Å². The number of nitrogens with zero attached hydrogens (tertiary/aromatic N) is 2. The molecular weight excluding hydrogens is 468 g/mol. The molecule has 5 nitrogen and oxygen atoms in total. The molecule has 0 aromatic heterocycles. The number of hydrogen-bond acceptors (Lipinski definition) is 4. The second kappa shape index (κ2) is 12.0. The third-order valence-electron chi connectivity index (χ3n) is 6.05. The Morgan fingerprint density at radius 3 is 1.67 bits per heavy atom. The van der Waals surface area contributed by atoms with Crippen molar-refractivity contribution < 1.29 is 13.5 Å². The van der Waals surface area contributed by atoms with E-state index in [0.717, 1.165) is 11.1 Å². The predicted molar refractivity (Wildman–Crippen MR) is 145 cm³/mol. The van der Waals surface area contributed by atoms with E-state index in [0.29, 0.717) is 30.9 Å². The summed E-state index contributed by atoms with van der Waals surface area (Å²) >= 11 is 0. The molecule has 0 aliphatic rings. The first kappa shape index (κ1) is 25.6. The van der Waals surface area contributed by atoms with Crippen LogP contribution in [-0.2, 0) is 23.1 Å². The van der Waals surface area contributed by atoms with Crippen LogP contribution >= 0.6 is 0 Å². The van der Waals surface area contributed by atoms with Gasteiger partial charge in [-0.05, 0) is 41.8 Å². The highest BCUT2D eigenvalue weighted by Crippen LogP contribution is 2.26. The Hall–Kier alpha value is -3.45. The van der Waals surface area contributed by atoms with Gasteiger partial charge in [-0.1, -0.05) is 97.1 Å². The quantitative estimate of drug-likeness (QED) is 0.305. The van der Waals surface area contributed by atoms with E-state index in [1.165, 1.54) is 4.31 Å². The number of aryl methyl sites for hydroxylation is 1. The molecule has 1 atom stereocenters. The Labute approximate surface area is 214 Å². The first-order valence-corrected chi connectivity index (χ1v) is 13.5. The number of rotatable bonds is 11. The van der Waals surface area contributed by atoms with Gasteiger partial charge in [-0.2, -0.15) is 0 Å². The van der Waals surface area contributed by atoms with Crippen LogP contribution in [0.5, 0.6) is 0 Å². The Bertz CT molecular complexity index is 1290. The SMILES string of the molecule is Cc1ccccc1S(=O)(=O)N(C[C@H](O)CN(Cc1ccccc1)Cc1ccccc1)c1ccccc1. The highest BCUT2D eigenvalue weighted by molar-refractivity contribution is 7.92. The molecule has 0 aliphatic carbocycles. The molecule has 0 spiro atoms. The van der Waals surface area contributed by atoms with Crippen molar-refractivity contribution in [3.8, 4) is 0 Å². The van der Waals surface area contributed by atoms with Gasteiger partial charge in [0.25, 0.3) is 10.0 Å². The number of anilines is 1. The Balaban J connectivity index is 1.59. The van der Waals surface area contributed by atoms with Crippen LogP contribution in [0.2, 0.25) is 0 Å². The second-order valence-electron chi connectivity index (χ2n) is 8.93. The summed E-state index contributed by atoms with van der Waals surface area (Å²) in [6.45, 7) is 3.33. The van der Waals surface area contributed by atoms with Gasteiger partial charge in [-0.3, -0.25) is 9.21 Å². The van der Waals surface area contributed by atoms with Crippen LogP contribution in [0.15, 0.2) is 120 Å². The lowest BCUT2D eigenvalue weighted by atomic mass is 10.1. The largest absolute Gasteiger partial charge is 0.390 e. The molecule has 186 valence electrons. The van der Waals surface area contributed by atoms with E-state index >= 15 is 0 Å². The van der Waals surface area contributed by atoms with Gasteiger partial charge < -0.3 is 5.11 Å². The van der Waals surface area contributed by atoms with Gasteiger partial charge in [0.15, 0.2) is 0 Å². The summed E-state index contributed by atoms with van der Waals surface area (Å²) in [6, 6.07) is 36.1. The number of hydrogen-bond donors (Lipinski definition) is 1. The predicted octanol–water partition coefficient (Wildman–Crippen LogP) is 5.25. The fourth-order valence-electron chi connectivity index (χ4n) is 4.32. The lowest BCUT2D eigenvalue weighted by molar-refractivity contribution is 0.111. The molecule has 0 unspecified atom stereocenters. The monoisotopic (exact) mass is 500 g/mol. The fraction of sp³-hybridized carbons (Fsp3) is 0.200. The van der Waals surface area contributed by atoms with Gasteiger partial charge in [0.05, 0.1) is 23.2 Å². The zero-order valence-corrected chi connectivity index (χ0v) is 21.3. The van der Waals surface area contributed by atoms with Gasteiger partial charge in [-0.15, -0.1) is 0 Å². The van der Waals surface area contributed by atoms with Crippen LogP contribution in [0, 0.1) is 6.92 Å². The van der Waals surface area contributed by atoms with E-state index in [1.54, 1.807) is 49.4 Å². The standard InChI is InChI=1S/C30H32N2O3S/c1-25-13-11-12-20-30(25)36(34,35)32(28-18-9-4-10-19-28)24-29(33)23-31(21-26-14-5-2-6-15-26)22-27-16-7-3-8-17-27/h2-20,29,33H,21-24H2,1H3/t29-/m1/s1. The third-order valence-corrected chi connectivity index (χ3v) is 8.00. The Morgan fingerprint density at radius 1 is 0.667 bits per heavy atom. The van der Waals surface area contributed by atoms with Gasteiger partial charge in [0, 0.05) is 19.6 Å². The summed E-state index contributed by atoms with van der Waals surface area (Å²) in [5.74, 6) is 0. The molecule has 0 amide bonds. The van der Waals surface area contributed by atoms with Crippen LogP contribution < -0.4 is 4.31 Å². The van der Waals surface area contributed by atoms with Crippen molar-refractivity contribution in [2.24, 2.45) is 0 Å². The van der Waals surface area contributed by atoms with Crippen molar-refractivity contribution in [2.75, 3.05) is 17.4 Å². The Kier molecular flexibility index (Phi) is 8.54. The van der Waals surface area contributed by atoms with E-state index in [4.69, 9.17) is 0 Å². The molecule has 36 heavy (non-hydrogen) atoms. The minimum absolute atomic E-state index is 0.0548. The fourth-order valence-corrected chi connectivity index (χ4v) is 6.05. The highest BCUT2D eigenvalue weighted by Gasteiger charge is 2.29. The minimum atomic E-state index is -3.88. The maximum absolute atomic E-state index is 13.8. The number of para-hydroxylation sites is 1. The van der Waals surface area contributed by atoms with Gasteiger partial charge >= 0.3 is 0 Å². The molecule has 0 heterocycles. The summed E-state index contributed by atoms with van der Waals surface area (Å²) in [5, 5.41) is 11.2. The normalized spacial score (nSPS) is 12.4. The highest BCUT2D eigenvalue weighted by atomic mass is 32.2. The molecule has 0 saturated heterocycles. The van der Waals surface area contributed by atoms with Gasteiger partial charge in [0.1, 0.15) is 0 Å². The zero-order chi connectivity index (χ0) is 25.4. The minimum Gasteiger partial charge on any atom is -0.390 e. The third kappa shape index (κ3) is 6.61. The van der Waals surface area contributed by atoms with Gasteiger partial charge in [0.2, 0.25) is 0 Å². The van der Waals surface area contributed by atoms with E-state index in [2.05, 4.69) is 29.2 Å². The smallest absolute Gasteiger partial charge is 0.264 e. The summed E-state index contributed by atoms with van der Waals surface area (Å²) in [4.78, 5) is 2.39. The number of sulfonamides is 1. The molecule has 1 N–H and O–H groups in total. The molecule has 4 aromatic carbocycles. The maximum atomic E-state index is 13.8. The van der Waals surface area contributed by atoms with Crippen molar-refractivity contribution in [1.82, 2.24) is 4.90 Å².